The third-order valence-electron chi connectivity index (χ3n) is 3.53. The number of carbonyl (C=O) groups excluding carboxylic acids is 2. The molecule has 0 aliphatic heterocycles. The van der Waals surface area contributed by atoms with E-state index in [2.05, 4.69) is 12.2 Å². The van der Waals surface area contributed by atoms with Crippen LogP contribution in [0.3, 0.4) is 0 Å². The summed E-state index contributed by atoms with van der Waals surface area (Å²) in [5.74, 6) is 0.768. The van der Waals surface area contributed by atoms with Crippen molar-refractivity contribution in [1.29, 1.82) is 0 Å². The lowest BCUT2D eigenvalue weighted by Crippen LogP contribution is -2.32. The van der Waals surface area contributed by atoms with Crippen molar-refractivity contribution in [1.82, 2.24) is 10.2 Å². The molecule has 2 amide bonds. The van der Waals surface area contributed by atoms with Crippen LogP contribution in [0.2, 0.25) is 4.34 Å². The van der Waals surface area contributed by atoms with Crippen molar-refractivity contribution >= 4 is 34.8 Å². The molecule has 1 aromatic heterocycles. The van der Waals surface area contributed by atoms with Crippen molar-refractivity contribution in [3.8, 4) is 0 Å². The highest BCUT2D eigenvalue weighted by molar-refractivity contribution is 7.16. The van der Waals surface area contributed by atoms with Crippen molar-refractivity contribution in [2.75, 3.05) is 13.6 Å². The summed E-state index contributed by atoms with van der Waals surface area (Å²) >= 11 is 7.33. The Bertz CT molecular complexity index is 503. The zero-order valence-corrected chi connectivity index (χ0v) is 13.3. The highest BCUT2D eigenvalue weighted by atomic mass is 35.5. The van der Waals surface area contributed by atoms with E-state index in [9.17, 15) is 9.59 Å². The molecule has 2 rings (SSSR count). The van der Waals surface area contributed by atoms with E-state index in [4.69, 9.17) is 11.6 Å². The molecule has 1 fully saturated rings. The van der Waals surface area contributed by atoms with Gasteiger partial charge in [0.15, 0.2) is 0 Å². The SMILES string of the molecule is CC1CC1C(=O)NCCC(=O)N(C)Cc1ccc(Cl)s1. The lowest BCUT2D eigenvalue weighted by atomic mass is 10.3. The molecule has 4 nitrogen and oxygen atoms in total. The Hall–Kier alpha value is -1.07. The van der Waals surface area contributed by atoms with Gasteiger partial charge in [-0.3, -0.25) is 9.59 Å². The average molecular weight is 315 g/mol. The van der Waals surface area contributed by atoms with Crippen LogP contribution in [0, 0.1) is 11.8 Å². The molecule has 0 aromatic carbocycles. The van der Waals surface area contributed by atoms with E-state index in [-0.39, 0.29) is 17.7 Å². The molecule has 1 saturated carbocycles. The highest BCUT2D eigenvalue weighted by Crippen LogP contribution is 2.37. The minimum atomic E-state index is 0.0265. The Kier molecular flexibility index (Phi) is 5.05. The number of nitrogens with zero attached hydrogens (tertiary/aromatic N) is 1. The average Bonchev–Trinajstić information content (AvgIpc) is 2.99. The molecule has 0 bridgehead atoms. The molecule has 6 heteroatoms. The molecule has 0 radical (unpaired) electrons. The first kappa shape index (κ1) is 15.3. The van der Waals surface area contributed by atoms with E-state index < -0.39 is 0 Å². The summed E-state index contributed by atoms with van der Waals surface area (Å²) in [4.78, 5) is 26.3. The van der Waals surface area contributed by atoms with Gasteiger partial charge < -0.3 is 10.2 Å². The number of amides is 2. The second kappa shape index (κ2) is 6.59. The Morgan fingerprint density at radius 2 is 2.20 bits per heavy atom. The summed E-state index contributed by atoms with van der Waals surface area (Å²) in [6.07, 6.45) is 1.31. The van der Waals surface area contributed by atoms with Crippen LogP contribution in [0.15, 0.2) is 12.1 Å². The smallest absolute Gasteiger partial charge is 0.224 e. The van der Waals surface area contributed by atoms with Gasteiger partial charge in [-0.05, 0) is 24.5 Å². The van der Waals surface area contributed by atoms with E-state index >= 15 is 0 Å². The van der Waals surface area contributed by atoms with Crippen molar-refractivity contribution in [3.05, 3.63) is 21.3 Å². The Morgan fingerprint density at radius 3 is 2.75 bits per heavy atom. The summed E-state index contributed by atoms with van der Waals surface area (Å²) < 4.78 is 0.728. The zero-order valence-electron chi connectivity index (χ0n) is 11.7. The summed E-state index contributed by atoms with van der Waals surface area (Å²) in [7, 11) is 1.76. The molecule has 2 unspecified atom stereocenters. The number of hydrogen-bond acceptors (Lipinski definition) is 3. The van der Waals surface area contributed by atoms with Gasteiger partial charge in [-0.2, -0.15) is 0 Å². The van der Waals surface area contributed by atoms with Gasteiger partial charge in [0.25, 0.3) is 0 Å². The van der Waals surface area contributed by atoms with Crippen LogP contribution in [0.4, 0.5) is 0 Å². The largest absolute Gasteiger partial charge is 0.355 e. The van der Waals surface area contributed by atoms with Gasteiger partial charge in [0, 0.05) is 30.8 Å². The summed E-state index contributed by atoms with van der Waals surface area (Å²) in [6, 6.07) is 3.75. The number of halogens is 1. The van der Waals surface area contributed by atoms with Crippen LogP contribution in [0.1, 0.15) is 24.6 Å². The van der Waals surface area contributed by atoms with Crippen LogP contribution in [0.5, 0.6) is 0 Å². The third kappa shape index (κ3) is 4.21. The Balaban J connectivity index is 1.67. The van der Waals surface area contributed by atoms with Crippen LogP contribution >= 0.6 is 22.9 Å². The molecule has 1 heterocycles. The fourth-order valence-electron chi connectivity index (χ4n) is 2.06. The number of nitrogens with one attached hydrogen (secondary N) is 1. The maximum Gasteiger partial charge on any atom is 0.224 e. The molecule has 0 spiro atoms. The van der Waals surface area contributed by atoms with Crippen molar-refractivity contribution in [2.24, 2.45) is 11.8 Å². The summed E-state index contributed by atoms with van der Waals surface area (Å²) in [5, 5.41) is 2.82. The van der Waals surface area contributed by atoms with Crippen molar-refractivity contribution in [2.45, 2.75) is 26.3 Å². The monoisotopic (exact) mass is 314 g/mol. The van der Waals surface area contributed by atoms with Gasteiger partial charge in [-0.15, -0.1) is 11.3 Å². The summed E-state index contributed by atoms with van der Waals surface area (Å²) in [6.45, 7) is 3.04. The molecule has 0 saturated heterocycles. The lowest BCUT2D eigenvalue weighted by molar-refractivity contribution is -0.130. The fourth-order valence-corrected chi connectivity index (χ4v) is 3.20. The van der Waals surface area contributed by atoms with Gasteiger partial charge in [-0.1, -0.05) is 18.5 Å². The van der Waals surface area contributed by atoms with Crippen LogP contribution < -0.4 is 5.32 Å². The maximum absolute atomic E-state index is 11.9. The van der Waals surface area contributed by atoms with Gasteiger partial charge in [0.1, 0.15) is 0 Å². The molecule has 1 N–H and O–H groups in total. The zero-order chi connectivity index (χ0) is 14.7. The standard InChI is InChI=1S/C14H19ClN2O2S/c1-9-7-11(9)14(19)16-6-5-13(18)17(2)8-10-3-4-12(15)20-10/h3-4,9,11H,5-8H2,1-2H3,(H,16,19). The van der Waals surface area contributed by atoms with Crippen LogP contribution in [-0.2, 0) is 16.1 Å². The van der Waals surface area contributed by atoms with Gasteiger partial charge in [0.05, 0.1) is 10.9 Å². The molecule has 1 aromatic rings. The first-order valence-electron chi connectivity index (χ1n) is 6.73. The second-order valence-corrected chi connectivity index (χ2v) is 7.12. The van der Waals surface area contributed by atoms with Crippen LogP contribution in [-0.4, -0.2) is 30.3 Å². The third-order valence-corrected chi connectivity index (χ3v) is 4.75. The van der Waals surface area contributed by atoms with Gasteiger partial charge in [-0.25, -0.2) is 0 Å². The molecule has 1 aliphatic rings. The number of hydrogen-bond donors (Lipinski definition) is 1. The molecule has 20 heavy (non-hydrogen) atoms. The molecular formula is C14H19ClN2O2S. The molecule has 110 valence electrons. The number of carbonyl (C=O) groups is 2. The first-order valence-corrected chi connectivity index (χ1v) is 7.92. The normalized spacial score (nSPS) is 20.6. The lowest BCUT2D eigenvalue weighted by Gasteiger charge is -2.16. The first-order chi connectivity index (χ1) is 9.47. The van der Waals surface area contributed by atoms with Crippen molar-refractivity contribution < 1.29 is 9.59 Å². The number of rotatable bonds is 6. The minimum Gasteiger partial charge on any atom is -0.355 e. The van der Waals surface area contributed by atoms with Crippen molar-refractivity contribution in [3.63, 3.8) is 0 Å². The number of thiophene rings is 1. The Morgan fingerprint density at radius 1 is 1.50 bits per heavy atom. The minimum absolute atomic E-state index is 0.0265. The van der Waals surface area contributed by atoms with E-state index in [0.29, 0.717) is 25.4 Å². The fraction of sp³-hybridized carbons (Fsp3) is 0.571. The quantitative estimate of drug-likeness (QED) is 0.877. The topological polar surface area (TPSA) is 49.4 Å². The van der Waals surface area contributed by atoms with Gasteiger partial charge in [0.2, 0.25) is 11.8 Å². The molecule has 2 atom stereocenters. The summed E-state index contributed by atoms with van der Waals surface area (Å²) in [5.41, 5.74) is 0. The van der Waals surface area contributed by atoms with E-state index in [1.807, 2.05) is 12.1 Å². The Labute approximate surface area is 128 Å². The molecular weight excluding hydrogens is 296 g/mol. The van der Waals surface area contributed by atoms with E-state index in [1.54, 1.807) is 11.9 Å². The predicted octanol–water partition coefficient (Wildman–Crippen LogP) is 2.52. The van der Waals surface area contributed by atoms with E-state index in [1.165, 1.54) is 11.3 Å². The van der Waals surface area contributed by atoms with Crippen LogP contribution in [0.25, 0.3) is 0 Å². The molecule has 1 aliphatic carbocycles. The van der Waals surface area contributed by atoms with Gasteiger partial charge >= 0.3 is 0 Å². The highest BCUT2D eigenvalue weighted by Gasteiger charge is 2.38. The second-order valence-electron chi connectivity index (χ2n) is 5.32. The predicted molar refractivity (Wildman–Crippen MR) is 80.7 cm³/mol. The van der Waals surface area contributed by atoms with E-state index in [0.717, 1.165) is 15.6 Å². The maximum atomic E-state index is 11.9.